The monoisotopic (exact) mass is 219 g/mol. The average molecular weight is 219 g/mol. The molecule has 4 rings (SSSR count). The second-order valence-electron chi connectivity index (χ2n) is 4.81. The van der Waals surface area contributed by atoms with Gasteiger partial charge in [0.25, 0.3) is 0 Å². The lowest BCUT2D eigenvalue weighted by molar-refractivity contribution is 0.0121. The van der Waals surface area contributed by atoms with Crippen molar-refractivity contribution in [2.24, 2.45) is 5.92 Å². The Morgan fingerprint density at radius 3 is 2.31 bits per heavy atom. The first-order valence-corrected chi connectivity index (χ1v) is 6.03. The molecule has 0 radical (unpaired) electrons. The van der Waals surface area contributed by atoms with Gasteiger partial charge in [-0.2, -0.15) is 0 Å². The number of phenols is 1. The number of aromatic hydroxyl groups is 1. The summed E-state index contributed by atoms with van der Waals surface area (Å²) < 4.78 is 5.92. The third-order valence-electron chi connectivity index (χ3n) is 3.70. The molecule has 0 aromatic heterocycles. The summed E-state index contributed by atoms with van der Waals surface area (Å²) in [6, 6.07) is 7.61. The van der Waals surface area contributed by atoms with Crippen LogP contribution < -0.4 is 10.1 Å². The maximum Gasteiger partial charge on any atom is 0.153 e. The number of fused-ring (bicyclic) bond motifs is 3. The Balaban J connectivity index is 1.68. The molecule has 3 fully saturated rings. The van der Waals surface area contributed by atoms with Gasteiger partial charge in [0.2, 0.25) is 0 Å². The number of hydrogen-bond donors (Lipinski definition) is 2. The Morgan fingerprint density at radius 2 is 1.75 bits per heavy atom. The van der Waals surface area contributed by atoms with Crippen LogP contribution in [0.15, 0.2) is 24.3 Å². The molecular weight excluding hydrogens is 202 g/mol. The predicted octanol–water partition coefficient (Wildman–Crippen LogP) is 2.26. The molecule has 2 N–H and O–H groups in total. The lowest BCUT2D eigenvalue weighted by Crippen LogP contribution is -2.54. The summed E-state index contributed by atoms with van der Waals surface area (Å²) in [6.07, 6.45) is 5.30. The minimum Gasteiger partial charge on any atom is -0.508 e. The van der Waals surface area contributed by atoms with Gasteiger partial charge in [0, 0.05) is 12.0 Å². The van der Waals surface area contributed by atoms with Crippen molar-refractivity contribution in [2.75, 3.05) is 0 Å². The second kappa shape index (κ2) is 3.98. The zero-order valence-electron chi connectivity index (χ0n) is 9.23. The highest BCUT2D eigenvalue weighted by molar-refractivity contribution is 5.30. The Morgan fingerprint density at radius 1 is 1.06 bits per heavy atom. The fraction of sp³-hybridized carbons (Fsp3) is 0.538. The first kappa shape index (κ1) is 9.97. The van der Waals surface area contributed by atoms with Crippen molar-refractivity contribution in [3.05, 3.63) is 24.3 Å². The standard InChI is InChI=1S/C13H17NO2/c15-11-5-7-12(8-6-11)16-13-9-1-3-10(14-13)4-2-9/h5-10,13-15H,1-4H2. The highest BCUT2D eigenvalue weighted by Gasteiger charge is 2.36. The van der Waals surface area contributed by atoms with E-state index in [-0.39, 0.29) is 12.0 Å². The van der Waals surface area contributed by atoms with Gasteiger partial charge in [-0.1, -0.05) is 0 Å². The Kier molecular flexibility index (Phi) is 2.48. The summed E-state index contributed by atoms with van der Waals surface area (Å²) in [4.78, 5) is 0. The molecule has 2 heterocycles. The maximum absolute atomic E-state index is 9.20. The zero-order valence-corrected chi connectivity index (χ0v) is 9.23. The summed E-state index contributed by atoms with van der Waals surface area (Å²) in [5.41, 5.74) is 0. The first-order valence-electron chi connectivity index (χ1n) is 6.03. The van der Waals surface area contributed by atoms with Crippen LogP contribution in [0.2, 0.25) is 0 Å². The molecule has 3 aliphatic rings. The van der Waals surface area contributed by atoms with Gasteiger partial charge >= 0.3 is 0 Å². The van der Waals surface area contributed by atoms with E-state index < -0.39 is 0 Å². The van der Waals surface area contributed by atoms with Gasteiger partial charge < -0.3 is 9.84 Å². The summed E-state index contributed by atoms with van der Waals surface area (Å²) in [7, 11) is 0. The van der Waals surface area contributed by atoms with E-state index in [0.29, 0.717) is 12.0 Å². The molecule has 1 aromatic rings. The van der Waals surface area contributed by atoms with Gasteiger partial charge in [0.15, 0.2) is 6.23 Å². The van der Waals surface area contributed by atoms with Crippen LogP contribution in [0.1, 0.15) is 25.7 Å². The predicted molar refractivity (Wildman–Crippen MR) is 61.4 cm³/mol. The SMILES string of the molecule is Oc1ccc(OC2NC3CCC2CC3)cc1. The molecule has 1 aromatic carbocycles. The lowest BCUT2D eigenvalue weighted by atomic mass is 9.80. The van der Waals surface area contributed by atoms with Crippen molar-refractivity contribution in [3.63, 3.8) is 0 Å². The number of rotatable bonds is 2. The topological polar surface area (TPSA) is 41.5 Å². The van der Waals surface area contributed by atoms with E-state index in [4.69, 9.17) is 4.74 Å². The normalized spacial score (nSPS) is 32.6. The van der Waals surface area contributed by atoms with Gasteiger partial charge in [-0.3, -0.25) is 5.32 Å². The van der Waals surface area contributed by atoms with Crippen LogP contribution in [0.25, 0.3) is 0 Å². The number of hydrogen-bond acceptors (Lipinski definition) is 3. The van der Waals surface area contributed by atoms with Crippen LogP contribution >= 0.6 is 0 Å². The molecule has 3 heteroatoms. The molecule has 1 saturated carbocycles. The summed E-state index contributed by atoms with van der Waals surface area (Å²) in [5, 5.41) is 12.7. The molecule has 2 bridgehead atoms. The Bertz CT molecular complexity index is 355. The molecule has 1 atom stereocenters. The molecule has 2 aliphatic heterocycles. The van der Waals surface area contributed by atoms with Crippen LogP contribution in [0.3, 0.4) is 0 Å². The van der Waals surface area contributed by atoms with Gasteiger partial charge in [0.05, 0.1) is 0 Å². The fourth-order valence-electron chi connectivity index (χ4n) is 2.76. The third kappa shape index (κ3) is 1.87. The minimum absolute atomic E-state index is 0.164. The van der Waals surface area contributed by atoms with E-state index in [1.165, 1.54) is 25.7 Å². The lowest BCUT2D eigenvalue weighted by Gasteiger charge is -2.43. The van der Waals surface area contributed by atoms with Gasteiger partial charge in [-0.05, 0) is 49.9 Å². The summed E-state index contributed by atoms with van der Waals surface area (Å²) in [5.74, 6) is 1.77. The molecule has 0 spiro atoms. The fourth-order valence-corrected chi connectivity index (χ4v) is 2.76. The van der Waals surface area contributed by atoms with Crippen LogP contribution in [0.5, 0.6) is 11.5 Å². The van der Waals surface area contributed by atoms with E-state index in [1.807, 2.05) is 12.1 Å². The largest absolute Gasteiger partial charge is 0.508 e. The van der Waals surface area contributed by atoms with Crippen LogP contribution in [0.4, 0.5) is 0 Å². The van der Waals surface area contributed by atoms with Crippen LogP contribution in [-0.2, 0) is 0 Å². The van der Waals surface area contributed by atoms with E-state index in [9.17, 15) is 5.11 Å². The molecule has 2 saturated heterocycles. The number of ether oxygens (including phenoxy) is 1. The molecular formula is C13H17NO2. The van der Waals surface area contributed by atoms with Gasteiger partial charge in [0.1, 0.15) is 11.5 Å². The smallest absolute Gasteiger partial charge is 0.153 e. The quantitative estimate of drug-likeness (QED) is 0.801. The number of nitrogens with one attached hydrogen (secondary N) is 1. The van der Waals surface area contributed by atoms with Crippen molar-refractivity contribution in [3.8, 4) is 11.5 Å². The van der Waals surface area contributed by atoms with E-state index in [2.05, 4.69) is 5.32 Å². The van der Waals surface area contributed by atoms with Crippen molar-refractivity contribution in [1.29, 1.82) is 0 Å². The molecule has 16 heavy (non-hydrogen) atoms. The molecule has 1 unspecified atom stereocenters. The highest BCUT2D eigenvalue weighted by atomic mass is 16.5. The Labute approximate surface area is 95.4 Å². The van der Waals surface area contributed by atoms with Crippen molar-refractivity contribution in [1.82, 2.24) is 5.32 Å². The summed E-state index contributed by atoms with van der Waals surface area (Å²) in [6.45, 7) is 0. The van der Waals surface area contributed by atoms with Crippen LogP contribution in [-0.4, -0.2) is 17.4 Å². The number of piperidine rings is 2. The van der Waals surface area contributed by atoms with E-state index >= 15 is 0 Å². The first-order chi connectivity index (χ1) is 7.81. The summed E-state index contributed by atoms with van der Waals surface area (Å²) >= 11 is 0. The second-order valence-corrected chi connectivity index (χ2v) is 4.81. The molecule has 1 aliphatic carbocycles. The minimum atomic E-state index is 0.164. The van der Waals surface area contributed by atoms with Gasteiger partial charge in [-0.25, -0.2) is 0 Å². The van der Waals surface area contributed by atoms with Crippen molar-refractivity contribution in [2.45, 2.75) is 38.0 Å². The number of phenolic OH excluding ortho intramolecular Hbond substituents is 1. The molecule has 86 valence electrons. The van der Waals surface area contributed by atoms with E-state index in [1.54, 1.807) is 12.1 Å². The average Bonchev–Trinajstić information content (AvgIpc) is 2.34. The third-order valence-corrected chi connectivity index (χ3v) is 3.70. The van der Waals surface area contributed by atoms with Crippen LogP contribution in [0, 0.1) is 5.92 Å². The maximum atomic E-state index is 9.20. The molecule has 0 amide bonds. The number of benzene rings is 1. The van der Waals surface area contributed by atoms with E-state index in [0.717, 1.165) is 5.75 Å². The van der Waals surface area contributed by atoms with Crippen molar-refractivity contribution >= 4 is 0 Å². The Hall–Kier alpha value is -1.22. The highest BCUT2D eigenvalue weighted by Crippen LogP contribution is 2.34. The van der Waals surface area contributed by atoms with Gasteiger partial charge in [-0.15, -0.1) is 0 Å². The molecule has 3 nitrogen and oxygen atoms in total. The van der Waals surface area contributed by atoms with Crippen molar-refractivity contribution < 1.29 is 9.84 Å². The zero-order chi connectivity index (χ0) is 11.0.